The number of carbonyl (C=O) groups is 2. The zero-order chi connectivity index (χ0) is 19.0. The number of hydrogen-bond donors (Lipinski definition) is 2. The van der Waals surface area contributed by atoms with E-state index in [1.54, 1.807) is 0 Å². The predicted octanol–water partition coefficient (Wildman–Crippen LogP) is 0.996. The summed E-state index contributed by atoms with van der Waals surface area (Å²) in [5, 5.41) is 1.18. The van der Waals surface area contributed by atoms with E-state index in [0.717, 1.165) is 0 Å². The van der Waals surface area contributed by atoms with Gasteiger partial charge in [0.05, 0.1) is 13.2 Å². The number of unbranched alkanes of at least 4 members (excludes halogenated alkanes) is 1. The molecule has 16 heteroatoms. The van der Waals surface area contributed by atoms with E-state index >= 15 is 0 Å². The Bertz CT molecular complexity index is 537. The number of hydrogen-bond acceptors (Lipinski definition) is 10. The van der Waals surface area contributed by atoms with E-state index < -0.39 is 57.8 Å². The van der Waals surface area contributed by atoms with E-state index in [1.165, 1.54) is 0 Å². The fraction of sp³-hybridized carbons (Fsp3) is 0.750. The van der Waals surface area contributed by atoms with Gasteiger partial charge in [0.15, 0.2) is 0 Å². The Morgan fingerprint density at radius 1 is 1.00 bits per heavy atom. The lowest BCUT2D eigenvalue weighted by Crippen LogP contribution is -2.39. The normalized spacial score (nSPS) is 12.8. The van der Waals surface area contributed by atoms with Gasteiger partial charge < -0.3 is 9.47 Å². The van der Waals surface area contributed by atoms with Gasteiger partial charge in [0.25, 0.3) is 0 Å². The highest BCUT2D eigenvalue weighted by atomic mass is 32.2. The third-order valence-corrected chi connectivity index (χ3v) is 3.29. The van der Waals surface area contributed by atoms with Gasteiger partial charge in [-0.15, -0.1) is 4.33 Å². The van der Waals surface area contributed by atoms with Crippen LogP contribution in [0.5, 0.6) is 0 Å². The molecule has 2 N–H and O–H groups in total. The lowest BCUT2D eigenvalue weighted by molar-refractivity contribution is -0.433. The van der Waals surface area contributed by atoms with Crippen LogP contribution >= 0.6 is 12.0 Å². The molecule has 0 heterocycles. The minimum atomic E-state index is -5.99. The topological polar surface area (TPSA) is 146 Å². The van der Waals surface area contributed by atoms with Crippen LogP contribution in [0, 0.1) is 0 Å². The number of halogens is 4. The number of rotatable bonds is 11. The fourth-order valence-corrected chi connectivity index (χ4v) is 1.41. The zero-order valence-corrected chi connectivity index (χ0v) is 13.0. The molecule has 0 radical (unpaired) electrons. The summed E-state index contributed by atoms with van der Waals surface area (Å²) in [6, 6.07) is 0. The average Bonchev–Trinajstić information content (AvgIpc) is 2.46. The first-order valence-corrected chi connectivity index (χ1v) is 7.77. The van der Waals surface area contributed by atoms with E-state index in [-0.39, 0.29) is 12.8 Å². The number of carbonyl (C=O) groups excluding carboxylic acids is 2. The summed E-state index contributed by atoms with van der Waals surface area (Å²) in [5.74, 6) is -4.58. The van der Waals surface area contributed by atoms with Gasteiger partial charge in [-0.25, -0.2) is 14.8 Å². The van der Waals surface area contributed by atoms with Crippen LogP contribution in [0.2, 0.25) is 0 Å². The molecule has 0 fully saturated rings. The van der Waals surface area contributed by atoms with E-state index in [2.05, 4.69) is 18.8 Å². The van der Waals surface area contributed by atoms with Crippen LogP contribution in [0.25, 0.3) is 0 Å². The molecule has 0 unspecified atom stereocenters. The van der Waals surface area contributed by atoms with Gasteiger partial charge in [0, 0.05) is 0 Å². The van der Waals surface area contributed by atoms with Crippen LogP contribution in [0.15, 0.2) is 0 Å². The lowest BCUT2D eigenvalue weighted by Gasteiger charge is -2.13. The van der Waals surface area contributed by atoms with Crippen molar-refractivity contribution in [3.05, 3.63) is 0 Å². The van der Waals surface area contributed by atoms with Crippen molar-refractivity contribution in [2.75, 3.05) is 13.2 Å². The Kier molecular flexibility index (Phi) is 8.86. The molecular formula is C8H10F4O10S2. The molecule has 0 aliphatic rings. The van der Waals surface area contributed by atoms with Crippen molar-refractivity contribution in [3.63, 3.8) is 0 Å². The first-order chi connectivity index (χ1) is 10.9. The second kappa shape index (κ2) is 9.33. The van der Waals surface area contributed by atoms with Crippen molar-refractivity contribution in [2.24, 2.45) is 0 Å². The molecule has 24 heavy (non-hydrogen) atoms. The summed E-state index contributed by atoms with van der Waals surface area (Å²) in [6.07, 6.45) is -0.468. The summed E-state index contributed by atoms with van der Waals surface area (Å²) in [4.78, 5) is 21.6. The second-order valence-electron chi connectivity index (χ2n) is 3.71. The van der Waals surface area contributed by atoms with Gasteiger partial charge in [-0.1, -0.05) is 5.04 Å². The zero-order valence-electron chi connectivity index (χ0n) is 11.3. The van der Waals surface area contributed by atoms with Gasteiger partial charge in [-0.05, 0) is 12.8 Å². The molecule has 0 aromatic heterocycles. The Morgan fingerprint density at radius 3 is 1.88 bits per heavy atom. The Hall–Kier alpha value is -1.20. The molecule has 0 saturated heterocycles. The van der Waals surface area contributed by atoms with Gasteiger partial charge in [-0.2, -0.15) is 26.0 Å². The van der Waals surface area contributed by atoms with Gasteiger partial charge in [0.1, 0.15) is 12.0 Å². The summed E-state index contributed by atoms with van der Waals surface area (Å²) in [6.45, 7) is -1.38. The Balaban J connectivity index is 4.04. The van der Waals surface area contributed by atoms with E-state index in [9.17, 15) is 35.6 Å². The van der Waals surface area contributed by atoms with Crippen LogP contribution in [-0.4, -0.2) is 53.9 Å². The Labute approximate surface area is 135 Å². The third-order valence-electron chi connectivity index (χ3n) is 1.97. The fourth-order valence-electron chi connectivity index (χ4n) is 0.899. The van der Waals surface area contributed by atoms with Crippen molar-refractivity contribution >= 4 is 34.1 Å². The maximum Gasteiger partial charge on any atom is 0.465 e. The van der Waals surface area contributed by atoms with Crippen LogP contribution in [0.3, 0.4) is 0 Å². The van der Waals surface area contributed by atoms with Crippen molar-refractivity contribution in [1.29, 1.82) is 0 Å². The quantitative estimate of drug-likeness (QED) is 0.0963. The van der Waals surface area contributed by atoms with Crippen LogP contribution in [0.4, 0.5) is 17.6 Å². The van der Waals surface area contributed by atoms with Crippen molar-refractivity contribution in [3.8, 4) is 0 Å². The highest BCUT2D eigenvalue weighted by Crippen LogP contribution is 2.31. The summed E-state index contributed by atoms with van der Waals surface area (Å²) in [5.41, 5.74) is 0. The van der Waals surface area contributed by atoms with Gasteiger partial charge >= 0.3 is 32.6 Å². The molecule has 0 bridgehead atoms. The molecule has 0 aliphatic heterocycles. The largest absolute Gasteiger partial charge is 0.465 e. The van der Waals surface area contributed by atoms with Gasteiger partial charge in [0.2, 0.25) is 0 Å². The van der Waals surface area contributed by atoms with E-state index in [0.29, 0.717) is 0 Å². The van der Waals surface area contributed by atoms with E-state index in [1.807, 2.05) is 0 Å². The maximum absolute atomic E-state index is 12.9. The molecule has 0 saturated carbocycles. The standard InChI is InChI=1S/C8H10F4O10S2/c9-7(10,23-22-21-15)5(13)19-3-1-2-4-20-6(14)8(11,12)24(16,17)18/h15H,1-4H2,(H,16,17,18). The second-order valence-corrected chi connectivity index (χ2v) is 5.99. The highest BCUT2D eigenvalue weighted by Gasteiger charge is 2.54. The summed E-state index contributed by atoms with van der Waals surface area (Å²) < 4.78 is 91.1. The van der Waals surface area contributed by atoms with Crippen molar-refractivity contribution in [1.82, 2.24) is 0 Å². The monoisotopic (exact) mass is 406 g/mol. The molecule has 0 spiro atoms. The lowest BCUT2D eigenvalue weighted by atomic mass is 10.3. The first kappa shape index (κ1) is 22.8. The SMILES string of the molecule is O=C(OCCCCOC(=O)C(F)(F)S(=O)(=O)O)C(F)(F)SOOO. The van der Waals surface area contributed by atoms with Crippen molar-refractivity contribution in [2.45, 2.75) is 23.4 Å². The minimum absolute atomic E-state index is 0.214. The average molecular weight is 406 g/mol. The Morgan fingerprint density at radius 2 is 1.46 bits per heavy atom. The molecule has 0 rings (SSSR count). The van der Waals surface area contributed by atoms with Crippen LogP contribution in [-0.2, 0) is 38.6 Å². The first-order valence-electron chi connectivity index (χ1n) is 5.59. The van der Waals surface area contributed by atoms with E-state index in [4.69, 9.17) is 9.81 Å². The molecular weight excluding hydrogens is 396 g/mol. The highest BCUT2D eigenvalue weighted by molar-refractivity contribution is 7.96. The van der Waals surface area contributed by atoms with Crippen LogP contribution in [0.1, 0.15) is 12.8 Å². The molecule has 0 amide bonds. The third kappa shape index (κ3) is 7.14. The molecule has 142 valence electrons. The maximum atomic E-state index is 12.9. The molecule has 0 aromatic rings. The smallest absolute Gasteiger partial charge is 0.460 e. The summed E-state index contributed by atoms with van der Waals surface area (Å²) in [7, 11) is -5.99. The molecule has 0 aliphatic carbocycles. The van der Waals surface area contributed by atoms with Gasteiger partial charge in [-0.3, -0.25) is 4.55 Å². The minimum Gasteiger partial charge on any atom is -0.460 e. The molecule has 0 atom stereocenters. The predicted molar refractivity (Wildman–Crippen MR) is 65.0 cm³/mol. The molecule has 0 aromatic carbocycles. The number of esters is 2. The van der Waals surface area contributed by atoms with Crippen LogP contribution < -0.4 is 0 Å². The summed E-state index contributed by atoms with van der Waals surface area (Å²) >= 11 is -0.849. The molecule has 10 nitrogen and oxygen atoms in total. The number of ether oxygens (including phenoxy) is 2. The number of alkyl halides is 4. The van der Waals surface area contributed by atoms with Crippen molar-refractivity contribution < 1.29 is 64.2 Å².